The van der Waals surface area contributed by atoms with E-state index in [4.69, 9.17) is 5.26 Å². The predicted molar refractivity (Wildman–Crippen MR) is 120 cm³/mol. The van der Waals surface area contributed by atoms with Gasteiger partial charge < -0.3 is 10.1 Å². The lowest BCUT2D eigenvalue weighted by molar-refractivity contribution is -0.134. The van der Waals surface area contributed by atoms with Crippen molar-refractivity contribution in [1.82, 2.24) is 5.32 Å². The molecule has 0 aliphatic heterocycles. The first-order valence-electron chi connectivity index (χ1n) is 9.74. The third kappa shape index (κ3) is 5.91. The molecule has 0 saturated carbocycles. The summed E-state index contributed by atoms with van der Waals surface area (Å²) in [6.45, 7) is 2.42. The molecule has 0 aliphatic rings. The van der Waals surface area contributed by atoms with Crippen molar-refractivity contribution in [3.05, 3.63) is 101 Å². The van der Waals surface area contributed by atoms with Gasteiger partial charge in [0.05, 0.1) is 18.7 Å². The molecule has 0 spiro atoms. The summed E-state index contributed by atoms with van der Waals surface area (Å²) in [6.07, 6.45) is 2.92. The molecule has 5 heteroatoms. The smallest absolute Gasteiger partial charge is 0.330 e. The summed E-state index contributed by atoms with van der Waals surface area (Å²) in [7, 11) is 1.31. The fraction of sp³-hybridized carbons (Fsp3) is 0.115. The van der Waals surface area contributed by atoms with E-state index < -0.39 is 5.97 Å². The molecule has 0 aliphatic carbocycles. The van der Waals surface area contributed by atoms with Gasteiger partial charge in [-0.1, -0.05) is 42.0 Å². The van der Waals surface area contributed by atoms with Crippen molar-refractivity contribution in [2.24, 2.45) is 0 Å². The molecule has 0 fully saturated rings. The van der Waals surface area contributed by atoms with Gasteiger partial charge >= 0.3 is 5.97 Å². The van der Waals surface area contributed by atoms with Crippen LogP contribution in [0.4, 0.5) is 0 Å². The number of ether oxygens (including phenoxy) is 1. The summed E-state index contributed by atoms with van der Waals surface area (Å²) in [4.78, 5) is 24.3. The lowest BCUT2D eigenvalue weighted by atomic mass is 9.98. The Morgan fingerprint density at radius 3 is 2.35 bits per heavy atom. The maximum atomic E-state index is 12.8. The average molecular weight is 410 g/mol. The van der Waals surface area contributed by atoms with Crippen LogP contribution in [0.3, 0.4) is 0 Å². The molecule has 31 heavy (non-hydrogen) atoms. The molecule has 1 amide bonds. The van der Waals surface area contributed by atoms with Crippen LogP contribution in [0.25, 0.3) is 17.2 Å². The van der Waals surface area contributed by atoms with Crippen molar-refractivity contribution in [3.8, 4) is 17.2 Å². The van der Waals surface area contributed by atoms with Crippen molar-refractivity contribution in [2.45, 2.75) is 13.5 Å². The van der Waals surface area contributed by atoms with Crippen molar-refractivity contribution >= 4 is 18.0 Å². The Labute approximate surface area is 181 Å². The van der Waals surface area contributed by atoms with Gasteiger partial charge in [-0.2, -0.15) is 5.26 Å². The summed E-state index contributed by atoms with van der Waals surface area (Å²) in [5.41, 5.74) is 5.55. The monoisotopic (exact) mass is 410 g/mol. The molecule has 0 unspecified atom stereocenters. The van der Waals surface area contributed by atoms with E-state index in [9.17, 15) is 9.59 Å². The third-order valence-corrected chi connectivity index (χ3v) is 4.75. The second kappa shape index (κ2) is 10.0. The maximum Gasteiger partial charge on any atom is 0.330 e. The highest BCUT2D eigenvalue weighted by atomic mass is 16.5. The minimum atomic E-state index is -0.478. The number of hydrogen-bond donors (Lipinski definition) is 1. The van der Waals surface area contributed by atoms with Gasteiger partial charge in [-0.3, -0.25) is 4.79 Å². The maximum absolute atomic E-state index is 12.8. The first-order valence-corrected chi connectivity index (χ1v) is 9.74. The van der Waals surface area contributed by atoms with Crippen LogP contribution >= 0.6 is 0 Å². The Balaban J connectivity index is 1.90. The second-order valence-corrected chi connectivity index (χ2v) is 7.06. The number of carbonyl (C=O) groups excluding carboxylic acids is 2. The number of carbonyl (C=O) groups is 2. The lowest BCUT2D eigenvalue weighted by Gasteiger charge is -2.10. The standard InChI is InChI=1S/C26H22N2O3/c1-18-3-5-20(6-4-18)17-28-26(30)24-14-21(9-12-25(29)31-2)13-23(15-24)22-10-7-19(16-27)8-11-22/h3-15H,17H2,1-2H3,(H,28,30)/b12-9+. The Morgan fingerprint density at radius 1 is 1.00 bits per heavy atom. The van der Waals surface area contributed by atoms with Crippen molar-refractivity contribution < 1.29 is 14.3 Å². The molecule has 0 bridgehead atoms. The van der Waals surface area contributed by atoms with Gasteiger partial charge in [0, 0.05) is 18.2 Å². The van der Waals surface area contributed by atoms with Gasteiger partial charge in [0.25, 0.3) is 5.91 Å². The minimum absolute atomic E-state index is 0.219. The summed E-state index contributed by atoms with van der Waals surface area (Å²) < 4.78 is 4.65. The molecule has 0 aromatic heterocycles. The molecule has 0 heterocycles. The molecule has 3 aromatic rings. The van der Waals surface area contributed by atoms with Crippen LogP contribution < -0.4 is 5.32 Å². The second-order valence-electron chi connectivity index (χ2n) is 7.06. The zero-order valence-electron chi connectivity index (χ0n) is 17.4. The van der Waals surface area contributed by atoms with Gasteiger partial charge in [-0.05, 0) is 65.6 Å². The first-order chi connectivity index (χ1) is 15.0. The van der Waals surface area contributed by atoms with Crippen LogP contribution in [0.2, 0.25) is 0 Å². The van der Waals surface area contributed by atoms with E-state index in [1.807, 2.05) is 49.4 Å². The lowest BCUT2D eigenvalue weighted by Crippen LogP contribution is -2.22. The minimum Gasteiger partial charge on any atom is -0.466 e. The van der Waals surface area contributed by atoms with Crippen molar-refractivity contribution in [2.75, 3.05) is 7.11 Å². The Bertz CT molecular complexity index is 1150. The quantitative estimate of drug-likeness (QED) is 0.474. The zero-order valence-corrected chi connectivity index (χ0v) is 17.4. The number of nitrogens with zero attached hydrogens (tertiary/aromatic N) is 1. The number of rotatable bonds is 6. The van der Waals surface area contributed by atoms with E-state index >= 15 is 0 Å². The molecule has 0 radical (unpaired) electrons. The summed E-state index contributed by atoms with van der Waals surface area (Å²) in [5.74, 6) is -0.696. The van der Waals surface area contributed by atoms with E-state index in [1.54, 1.807) is 30.3 Å². The largest absolute Gasteiger partial charge is 0.466 e. The predicted octanol–water partition coefficient (Wildman–Crippen LogP) is 4.65. The van der Waals surface area contributed by atoms with Crippen molar-refractivity contribution in [1.29, 1.82) is 5.26 Å². The third-order valence-electron chi connectivity index (χ3n) is 4.75. The number of nitrogens with one attached hydrogen (secondary N) is 1. The molecular formula is C26H22N2O3. The highest BCUT2D eigenvalue weighted by molar-refractivity contribution is 5.97. The van der Waals surface area contributed by atoms with Crippen LogP contribution in [0.5, 0.6) is 0 Å². The van der Waals surface area contributed by atoms with Gasteiger partial charge in [-0.15, -0.1) is 0 Å². The normalized spacial score (nSPS) is 10.5. The van der Waals surface area contributed by atoms with Crippen LogP contribution in [-0.4, -0.2) is 19.0 Å². The molecule has 5 nitrogen and oxygen atoms in total. The van der Waals surface area contributed by atoms with Gasteiger partial charge in [-0.25, -0.2) is 4.79 Å². The fourth-order valence-electron chi connectivity index (χ4n) is 3.01. The SMILES string of the molecule is COC(=O)/C=C/c1cc(C(=O)NCc2ccc(C)cc2)cc(-c2ccc(C#N)cc2)c1. The van der Waals surface area contributed by atoms with Crippen LogP contribution in [0.15, 0.2) is 72.8 Å². The number of hydrogen-bond acceptors (Lipinski definition) is 4. The molecule has 3 aromatic carbocycles. The number of nitriles is 1. The average Bonchev–Trinajstić information content (AvgIpc) is 2.81. The topological polar surface area (TPSA) is 79.2 Å². The molecular weight excluding hydrogens is 388 g/mol. The van der Waals surface area contributed by atoms with Crippen LogP contribution in [0, 0.1) is 18.3 Å². The molecule has 1 N–H and O–H groups in total. The van der Waals surface area contributed by atoms with E-state index in [-0.39, 0.29) is 5.91 Å². The highest BCUT2D eigenvalue weighted by Gasteiger charge is 2.10. The number of aryl methyl sites for hydroxylation is 1. The fourth-order valence-corrected chi connectivity index (χ4v) is 3.01. The number of benzene rings is 3. The summed E-state index contributed by atoms with van der Waals surface area (Å²) in [6, 6.07) is 22.6. The molecule has 0 saturated heterocycles. The molecule has 3 rings (SSSR count). The van der Waals surface area contributed by atoms with Gasteiger partial charge in [0.15, 0.2) is 0 Å². The number of methoxy groups -OCH3 is 1. The Morgan fingerprint density at radius 2 is 1.71 bits per heavy atom. The van der Waals surface area contributed by atoms with E-state index in [0.717, 1.165) is 22.3 Å². The first kappa shape index (κ1) is 21.5. The van der Waals surface area contributed by atoms with E-state index in [0.29, 0.717) is 23.2 Å². The number of amides is 1. The van der Waals surface area contributed by atoms with Crippen LogP contribution in [-0.2, 0) is 16.1 Å². The summed E-state index contributed by atoms with van der Waals surface area (Å²) >= 11 is 0. The molecule has 154 valence electrons. The van der Waals surface area contributed by atoms with Crippen molar-refractivity contribution in [3.63, 3.8) is 0 Å². The van der Waals surface area contributed by atoms with E-state index in [1.165, 1.54) is 13.2 Å². The Kier molecular flexibility index (Phi) is 6.97. The van der Waals surface area contributed by atoms with Gasteiger partial charge in [0.2, 0.25) is 0 Å². The zero-order chi connectivity index (χ0) is 22.2. The van der Waals surface area contributed by atoms with E-state index in [2.05, 4.69) is 16.1 Å². The summed E-state index contributed by atoms with van der Waals surface area (Å²) in [5, 5.41) is 12.0. The highest BCUT2D eigenvalue weighted by Crippen LogP contribution is 2.24. The van der Waals surface area contributed by atoms with Gasteiger partial charge in [0.1, 0.15) is 0 Å². The Hall–Kier alpha value is -4.17. The number of esters is 1. The molecule has 0 atom stereocenters. The van der Waals surface area contributed by atoms with Crippen LogP contribution in [0.1, 0.15) is 32.6 Å².